The third kappa shape index (κ3) is 9.21. The third-order valence-electron chi connectivity index (χ3n) is 10.7. The summed E-state index contributed by atoms with van der Waals surface area (Å²) >= 11 is 25.6. The quantitative estimate of drug-likeness (QED) is 0.141. The van der Waals surface area contributed by atoms with E-state index in [4.69, 9.17) is 51.1 Å². The van der Waals surface area contributed by atoms with E-state index in [0.717, 1.165) is 16.7 Å². The van der Waals surface area contributed by atoms with Gasteiger partial charge in [-0.2, -0.15) is 4.98 Å². The van der Waals surface area contributed by atoms with Gasteiger partial charge in [0.25, 0.3) is 11.8 Å². The Bertz CT molecular complexity index is 2660. The van der Waals surface area contributed by atoms with Gasteiger partial charge in [-0.15, -0.1) is 0 Å². The Balaban J connectivity index is 0.000000187. The summed E-state index contributed by atoms with van der Waals surface area (Å²) < 4.78 is 5.05. The number of carboxylic acid groups (broad SMARTS) is 2. The fourth-order valence-electron chi connectivity index (χ4n) is 7.84. The van der Waals surface area contributed by atoms with Gasteiger partial charge < -0.3 is 24.7 Å². The van der Waals surface area contributed by atoms with Gasteiger partial charge in [-0.3, -0.25) is 9.59 Å². The molecule has 62 heavy (non-hydrogen) atoms. The van der Waals surface area contributed by atoms with Crippen LogP contribution >= 0.6 is 46.4 Å². The lowest BCUT2D eigenvalue weighted by Crippen LogP contribution is -2.41. The van der Waals surface area contributed by atoms with Crippen LogP contribution in [0.5, 0.6) is 6.01 Å². The Labute approximate surface area is 375 Å². The third-order valence-corrected chi connectivity index (χ3v) is 12.0. The predicted octanol–water partition coefficient (Wildman–Crippen LogP) is 9.77. The number of hydrogen-bond donors (Lipinski definition) is 2. The molecule has 4 atom stereocenters. The highest BCUT2D eigenvalue weighted by Gasteiger charge is 2.44. The predicted molar refractivity (Wildman–Crippen MR) is 234 cm³/mol. The lowest BCUT2D eigenvalue weighted by atomic mass is 10.0. The highest BCUT2D eigenvalue weighted by Crippen LogP contribution is 2.42. The van der Waals surface area contributed by atoms with Gasteiger partial charge in [-0.25, -0.2) is 24.5 Å². The molecule has 2 amide bonds. The van der Waals surface area contributed by atoms with Crippen molar-refractivity contribution in [3.63, 3.8) is 0 Å². The van der Waals surface area contributed by atoms with Crippen molar-refractivity contribution in [2.75, 3.05) is 7.11 Å². The van der Waals surface area contributed by atoms with Crippen LogP contribution in [0, 0.1) is 0 Å². The molecule has 2 aliphatic heterocycles. The van der Waals surface area contributed by atoms with Crippen LogP contribution in [0.1, 0.15) is 69.6 Å². The Morgan fingerprint density at radius 1 is 0.629 bits per heavy atom. The Morgan fingerprint density at radius 2 is 1.11 bits per heavy atom. The van der Waals surface area contributed by atoms with Gasteiger partial charge in [0.2, 0.25) is 0 Å². The molecule has 2 aliphatic rings. The van der Waals surface area contributed by atoms with Crippen molar-refractivity contribution in [3.8, 4) is 28.4 Å². The van der Waals surface area contributed by atoms with Gasteiger partial charge >= 0.3 is 17.9 Å². The highest BCUT2D eigenvalue weighted by molar-refractivity contribution is 6.34. The van der Waals surface area contributed by atoms with Crippen molar-refractivity contribution in [2.24, 2.45) is 0 Å². The fraction of sp³-hybridized carbons (Fsp3) is 0.200. The van der Waals surface area contributed by atoms with E-state index in [1.165, 1.54) is 29.3 Å². The van der Waals surface area contributed by atoms with Crippen LogP contribution in [0.2, 0.25) is 20.1 Å². The number of nitrogens with zero attached hydrogens (tertiary/aromatic N) is 6. The summed E-state index contributed by atoms with van der Waals surface area (Å²) in [6.07, 6.45) is 7.93. The molecule has 0 unspecified atom stereocenters. The summed E-state index contributed by atoms with van der Waals surface area (Å²) in [5.74, 6) is -2.91. The van der Waals surface area contributed by atoms with Crippen molar-refractivity contribution < 1.29 is 34.1 Å². The van der Waals surface area contributed by atoms with E-state index in [1.807, 2.05) is 24.3 Å². The number of likely N-dealkylation sites (tertiary alicyclic amines) is 2. The summed E-state index contributed by atoms with van der Waals surface area (Å²) in [6.45, 7) is 0. The highest BCUT2D eigenvalue weighted by atomic mass is 35.5. The lowest BCUT2D eigenvalue weighted by molar-refractivity contribution is -0.142. The Kier molecular flexibility index (Phi) is 13.7. The molecule has 316 valence electrons. The van der Waals surface area contributed by atoms with Crippen molar-refractivity contribution in [1.82, 2.24) is 29.7 Å². The number of aliphatic carboxylic acids is 2. The van der Waals surface area contributed by atoms with Crippen molar-refractivity contribution in [2.45, 2.75) is 49.9 Å². The largest absolute Gasteiger partial charge is 0.480 e. The molecular formula is C45H36Cl4N6O7. The minimum Gasteiger partial charge on any atom is -0.480 e. The average molecular weight is 915 g/mol. The van der Waals surface area contributed by atoms with Gasteiger partial charge in [0, 0.05) is 61.5 Å². The second-order valence-corrected chi connectivity index (χ2v) is 15.9. The first-order valence-electron chi connectivity index (χ1n) is 19.2. The number of rotatable bonds is 9. The monoisotopic (exact) mass is 912 g/mol. The number of amides is 2. The second-order valence-electron chi connectivity index (χ2n) is 14.3. The molecule has 4 heterocycles. The molecule has 0 radical (unpaired) electrons. The summed E-state index contributed by atoms with van der Waals surface area (Å²) in [7, 11) is 1.47. The van der Waals surface area contributed by atoms with Crippen LogP contribution in [0.3, 0.4) is 0 Å². The molecule has 2 saturated heterocycles. The van der Waals surface area contributed by atoms with Crippen LogP contribution < -0.4 is 4.74 Å². The van der Waals surface area contributed by atoms with Crippen molar-refractivity contribution in [3.05, 3.63) is 158 Å². The number of methoxy groups -OCH3 is 1. The van der Waals surface area contributed by atoms with E-state index in [0.29, 0.717) is 68.2 Å². The molecule has 0 bridgehead atoms. The number of halogens is 4. The minimum absolute atomic E-state index is 0.197. The number of hydrogen-bond acceptors (Lipinski definition) is 9. The summed E-state index contributed by atoms with van der Waals surface area (Å²) in [5.41, 5.74) is 4.60. The Hall–Kier alpha value is -6.12. The molecule has 8 rings (SSSR count). The average Bonchev–Trinajstić information content (AvgIpc) is 3.93. The second kappa shape index (κ2) is 19.3. The zero-order valence-corrected chi connectivity index (χ0v) is 35.8. The number of carbonyl (C=O) groups is 4. The van der Waals surface area contributed by atoms with Gasteiger partial charge in [-0.1, -0.05) is 94.9 Å². The number of ether oxygens (including phenoxy) is 1. The van der Waals surface area contributed by atoms with Crippen molar-refractivity contribution in [1.29, 1.82) is 0 Å². The number of aromatic nitrogens is 4. The SMILES string of the molecule is COc1nccc(-c2ccc(C(=O)N3[C@@H](c4ccccc4Cl)CC[C@H]3C(=O)O)cc2Cl)n1.O=C(O)[C@@H]1CC[C@H](c2ccccc2Cl)N1C(=O)c1ccc(-c2cncnc2)c(Cl)c1. The van der Waals surface area contributed by atoms with Gasteiger partial charge in [0.1, 0.15) is 18.4 Å². The molecule has 0 spiro atoms. The van der Waals surface area contributed by atoms with E-state index in [2.05, 4.69) is 19.9 Å². The lowest BCUT2D eigenvalue weighted by Gasteiger charge is -2.29. The van der Waals surface area contributed by atoms with Gasteiger partial charge in [0.05, 0.1) is 29.9 Å². The molecular weight excluding hydrogens is 878 g/mol. The van der Waals surface area contributed by atoms with Crippen molar-refractivity contribution >= 4 is 70.2 Å². The molecule has 17 heteroatoms. The topological polar surface area (TPSA) is 176 Å². The summed E-state index contributed by atoms with van der Waals surface area (Å²) in [6, 6.07) is 23.2. The maximum absolute atomic E-state index is 13.5. The van der Waals surface area contributed by atoms with Crippen LogP contribution in [0.25, 0.3) is 22.4 Å². The molecule has 0 aliphatic carbocycles. The number of carbonyl (C=O) groups excluding carboxylic acids is 2. The first-order chi connectivity index (χ1) is 29.9. The van der Waals surface area contributed by atoms with E-state index < -0.39 is 47.9 Å². The molecule has 0 saturated carbocycles. The van der Waals surface area contributed by atoms with Gasteiger partial charge in [0.15, 0.2) is 0 Å². The smallest absolute Gasteiger partial charge is 0.326 e. The van der Waals surface area contributed by atoms with E-state index >= 15 is 0 Å². The van der Waals surface area contributed by atoms with Crippen LogP contribution in [-0.4, -0.2) is 82.9 Å². The van der Waals surface area contributed by atoms with Gasteiger partial charge in [-0.05, 0) is 79.3 Å². The minimum atomic E-state index is -1.05. The Morgan fingerprint density at radius 3 is 1.56 bits per heavy atom. The molecule has 6 aromatic rings. The summed E-state index contributed by atoms with van der Waals surface area (Å²) in [4.78, 5) is 69.6. The zero-order valence-electron chi connectivity index (χ0n) is 32.7. The zero-order chi connectivity index (χ0) is 44.1. The normalized spacial score (nSPS) is 18.1. The first kappa shape index (κ1) is 44.0. The van der Waals surface area contributed by atoms with E-state index in [-0.39, 0.29) is 11.6 Å². The molecule has 2 aromatic heterocycles. The van der Waals surface area contributed by atoms with Crippen LogP contribution in [-0.2, 0) is 9.59 Å². The molecule has 4 aromatic carbocycles. The standard InChI is InChI=1S/C23H19Cl2N3O4.C22H17Cl2N3O3/c1-32-23-26-11-10-18(27-23)14-7-6-13(12-17(14)25)21(29)28-19(8-9-20(28)22(30)31)15-4-2-3-5-16(15)24;23-17-4-2-1-3-16(17)19-7-8-20(22(29)30)27(19)21(28)13-5-6-15(18(24)9-13)14-10-25-12-26-11-14/h2-7,10-12,19-20H,8-9H2,1H3,(H,30,31);1-6,9-12,19-20H,7-8H2,(H,29,30)/t2*19-,20+/m11/s1. The van der Waals surface area contributed by atoms with Crippen LogP contribution in [0.4, 0.5) is 0 Å². The fourth-order valence-corrected chi connectivity index (χ4v) is 8.93. The van der Waals surface area contributed by atoms with E-state index in [1.54, 1.807) is 79.3 Å². The van der Waals surface area contributed by atoms with E-state index in [9.17, 15) is 29.4 Å². The molecule has 13 nitrogen and oxygen atoms in total. The number of benzene rings is 4. The maximum Gasteiger partial charge on any atom is 0.326 e. The maximum atomic E-state index is 13.5. The van der Waals surface area contributed by atoms with Crippen LogP contribution in [0.15, 0.2) is 116 Å². The summed E-state index contributed by atoms with van der Waals surface area (Å²) in [5, 5.41) is 21.1. The molecule has 2 N–H and O–H groups in total. The molecule has 2 fully saturated rings. The first-order valence-corrected chi connectivity index (χ1v) is 20.7. The number of carboxylic acids is 2.